The zero-order valence-electron chi connectivity index (χ0n) is 21.0. The Kier molecular flexibility index (Phi) is 12.6. The third-order valence-corrected chi connectivity index (χ3v) is 5.37. The summed E-state index contributed by atoms with van der Waals surface area (Å²) in [7, 11) is 0. The van der Waals surface area contributed by atoms with E-state index in [9.17, 15) is 14.4 Å². The lowest BCUT2D eigenvalue weighted by Crippen LogP contribution is -2.54. The minimum Gasteiger partial charge on any atom is -0.444 e. The number of hydrogen-bond donors (Lipinski definition) is 3. The van der Waals surface area contributed by atoms with E-state index in [1.807, 2.05) is 13.8 Å². The Labute approximate surface area is 209 Å². The smallest absolute Gasteiger partial charge is 0.408 e. The normalized spacial score (nSPS) is 12.7. The van der Waals surface area contributed by atoms with E-state index >= 15 is 0 Å². The van der Waals surface area contributed by atoms with Gasteiger partial charge >= 0.3 is 6.09 Å². The molecule has 0 bridgehead atoms. The van der Waals surface area contributed by atoms with E-state index < -0.39 is 29.7 Å². The fourth-order valence-corrected chi connectivity index (χ4v) is 3.58. The molecule has 2 unspecified atom stereocenters. The summed E-state index contributed by atoms with van der Waals surface area (Å²) in [6.07, 6.45) is 8.24. The fraction of sp³-hybridized carbons (Fsp3) is 0.577. The summed E-state index contributed by atoms with van der Waals surface area (Å²) in [5.41, 5.74) is 0.387. The van der Waals surface area contributed by atoms with Crippen LogP contribution in [-0.2, 0) is 14.3 Å². The number of hydrogen-bond acceptors (Lipinski definition) is 5. The Bertz CT molecular complexity index is 860. The van der Waals surface area contributed by atoms with Gasteiger partial charge in [0.15, 0.2) is 0 Å². The van der Waals surface area contributed by atoms with Crippen molar-refractivity contribution in [3.05, 3.63) is 35.4 Å². The highest BCUT2D eigenvalue weighted by Crippen LogP contribution is 2.26. The molecule has 1 aromatic rings. The number of carbonyl (C=O) groups is 3. The van der Waals surface area contributed by atoms with Gasteiger partial charge in [-0.25, -0.2) is 4.79 Å². The van der Waals surface area contributed by atoms with Crippen LogP contribution >= 0.6 is 12.6 Å². The van der Waals surface area contributed by atoms with Crippen LogP contribution in [0, 0.1) is 12.3 Å². The van der Waals surface area contributed by atoms with Crippen LogP contribution < -0.4 is 10.6 Å². The Morgan fingerprint density at radius 1 is 1.15 bits per heavy atom. The molecule has 2 N–H and O–H groups in total. The summed E-state index contributed by atoms with van der Waals surface area (Å²) in [6.45, 7) is 10.1. The third kappa shape index (κ3) is 9.30. The minimum absolute atomic E-state index is 0.0433. The van der Waals surface area contributed by atoms with Crippen molar-refractivity contribution in [3.63, 3.8) is 0 Å². The number of unbranched alkanes of at least 4 members (excludes halogenated alkanes) is 2. The van der Waals surface area contributed by atoms with Gasteiger partial charge in [0.05, 0.1) is 0 Å². The maximum Gasteiger partial charge on any atom is 0.408 e. The average molecular weight is 490 g/mol. The van der Waals surface area contributed by atoms with Crippen LogP contribution in [-0.4, -0.2) is 53.3 Å². The zero-order valence-corrected chi connectivity index (χ0v) is 21.9. The monoisotopic (exact) mass is 489 g/mol. The molecular weight excluding hydrogens is 450 g/mol. The SMILES string of the molecule is C#Cc1ccccc1C(C(=O)NCCCC)N(CCCC)C(=O)C(CS)NC(=O)OC(C)(C)C. The standard InChI is InChI=1S/C26H39N3O4S/c1-7-10-16-27-23(30)22(20-15-13-12-14-19(20)9-3)29(17-11-8-2)24(31)21(18-34)28-25(32)33-26(4,5)6/h3,12-15,21-22,34H,7-8,10-11,16-18H2,1-2,4-6H3,(H,27,30)(H,28,32). The molecule has 0 heterocycles. The van der Waals surface area contributed by atoms with Crippen LogP contribution in [0.2, 0.25) is 0 Å². The number of ether oxygens (including phenoxy) is 1. The first kappa shape index (κ1) is 29.4. The fourth-order valence-electron chi connectivity index (χ4n) is 3.33. The Morgan fingerprint density at radius 2 is 1.79 bits per heavy atom. The first-order chi connectivity index (χ1) is 16.1. The molecule has 2 atom stereocenters. The lowest BCUT2D eigenvalue weighted by atomic mass is 9.97. The second kappa shape index (κ2) is 14.6. The van der Waals surface area contributed by atoms with Crippen molar-refractivity contribution in [2.45, 2.75) is 78.0 Å². The molecule has 1 rings (SSSR count). The predicted octanol–water partition coefficient (Wildman–Crippen LogP) is 4.08. The number of rotatable bonds is 12. The van der Waals surface area contributed by atoms with Gasteiger partial charge in [-0.15, -0.1) is 6.42 Å². The van der Waals surface area contributed by atoms with Gasteiger partial charge in [0.2, 0.25) is 11.8 Å². The van der Waals surface area contributed by atoms with Gasteiger partial charge in [-0.05, 0) is 45.2 Å². The predicted molar refractivity (Wildman–Crippen MR) is 139 cm³/mol. The van der Waals surface area contributed by atoms with E-state index in [0.717, 1.165) is 19.3 Å². The summed E-state index contributed by atoms with van der Waals surface area (Å²) in [6, 6.07) is 5.19. The number of terminal acetylenes is 1. The highest BCUT2D eigenvalue weighted by atomic mass is 32.1. The van der Waals surface area contributed by atoms with Crippen LogP contribution in [0.5, 0.6) is 0 Å². The summed E-state index contributed by atoms with van der Waals surface area (Å²) in [5.74, 6) is 1.94. The topological polar surface area (TPSA) is 87.7 Å². The molecule has 3 amide bonds. The molecule has 8 heteroatoms. The van der Waals surface area contributed by atoms with Crippen LogP contribution in [0.25, 0.3) is 0 Å². The van der Waals surface area contributed by atoms with Crippen molar-refractivity contribution in [1.82, 2.24) is 15.5 Å². The number of carbonyl (C=O) groups excluding carboxylic acids is 3. The molecule has 0 aliphatic carbocycles. The molecule has 0 fully saturated rings. The highest BCUT2D eigenvalue weighted by Gasteiger charge is 2.36. The second-order valence-electron chi connectivity index (χ2n) is 9.05. The van der Waals surface area contributed by atoms with E-state index in [1.165, 1.54) is 4.90 Å². The van der Waals surface area contributed by atoms with Crippen molar-refractivity contribution < 1.29 is 19.1 Å². The van der Waals surface area contributed by atoms with E-state index in [0.29, 0.717) is 30.6 Å². The summed E-state index contributed by atoms with van der Waals surface area (Å²) in [4.78, 5) is 41.0. The van der Waals surface area contributed by atoms with Crippen LogP contribution in [0.4, 0.5) is 4.79 Å². The van der Waals surface area contributed by atoms with Crippen LogP contribution in [0.15, 0.2) is 24.3 Å². The molecule has 0 radical (unpaired) electrons. The summed E-state index contributed by atoms with van der Waals surface area (Å²) >= 11 is 4.29. The molecule has 0 aliphatic rings. The molecule has 0 saturated heterocycles. The number of amides is 3. The quantitative estimate of drug-likeness (QED) is 0.235. The lowest BCUT2D eigenvalue weighted by Gasteiger charge is -2.34. The maximum absolute atomic E-state index is 13.7. The van der Waals surface area contributed by atoms with Crippen molar-refractivity contribution in [2.24, 2.45) is 0 Å². The molecule has 1 aromatic carbocycles. The number of nitrogens with one attached hydrogen (secondary N) is 2. The molecule has 0 spiro atoms. The Morgan fingerprint density at radius 3 is 2.35 bits per heavy atom. The van der Waals surface area contributed by atoms with Crippen molar-refractivity contribution in [3.8, 4) is 12.3 Å². The third-order valence-electron chi connectivity index (χ3n) is 5.01. The van der Waals surface area contributed by atoms with Crippen molar-refractivity contribution >= 4 is 30.5 Å². The first-order valence-electron chi connectivity index (χ1n) is 11.8. The van der Waals surface area contributed by atoms with Gasteiger partial charge in [0.1, 0.15) is 17.7 Å². The van der Waals surface area contributed by atoms with E-state index in [-0.39, 0.29) is 11.7 Å². The number of alkyl carbamates (subject to hydrolysis) is 1. The van der Waals surface area contributed by atoms with Gasteiger partial charge in [0, 0.05) is 24.4 Å². The zero-order chi connectivity index (χ0) is 25.7. The first-order valence-corrected chi connectivity index (χ1v) is 12.5. The largest absolute Gasteiger partial charge is 0.444 e. The Balaban J connectivity index is 3.40. The molecule has 34 heavy (non-hydrogen) atoms. The molecule has 0 saturated carbocycles. The molecule has 188 valence electrons. The van der Waals surface area contributed by atoms with Gasteiger partial charge in [-0.2, -0.15) is 12.6 Å². The highest BCUT2D eigenvalue weighted by molar-refractivity contribution is 7.80. The van der Waals surface area contributed by atoms with Gasteiger partial charge in [-0.1, -0.05) is 50.8 Å². The summed E-state index contributed by atoms with van der Waals surface area (Å²) < 4.78 is 5.32. The molecule has 0 aliphatic heterocycles. The number of thiol groups is 1. The average Bonchev–Trinajstić information content (AvgIpc) is 2.78. The summed E-state index contributed by atoms with van der Waals surface area (Å²) in [5, 5.41) is 5.55. The second-order valence-corrected chi connectivity index (χ2v) is 9.41. The van der Waals surface area contributed by atoms with Gasteiger partial charge in [-0.3, -0.25) is 9.59 Å². The van der Waals surface area contributed by atoms with E-state index in [4.69, 9.17) is 11.2 Å². The van der Waals surface area contributed by atoms with E-state index in [2.05, 4.69) is 29.2 Å². The van der Waals surface area contributed by atoms with Crippen molar-refractivity contribution in [2.75, 3.05) is 18.8 Å². The minimum atomic E-state index is -0.973. The van der Waals surface area contributed by atoms with E-state index in [1.54, 1.807) is 45.0 Å². The van der Waals surface area contributed by atoms with Gasteiger partial charge < -0.3 is 20.3 Å². The molecule has 7 nitrogen and oxygen atoms in total. The van der Waals surface area contributed by atoms with Crippen LogP contribution in [0.3, 0.4) is 0 Å². The van der Waals surface area contributed by atoms with Gasteiger partial charge in [0.25, 0.3) is 0 Å². The number of benzene rings is 1. The molecular formula is C26H39N3O4S. The number of nitrogens with zero attached hydrogens (tertiary/aromatic N) is 1. The molecule has 0 aromatic heterocycles. The Hall–Kier alpha value is -2.66. The maximum atomic E-state index is 13.7. The van der Waals surface area contributed by atoms with Crippen LogP contribution in [0.1, 0.15) is 77.5 Å². The lowest BCUT2D eigenvalue weighted by molar-refractivity contribution is -0.142. The van der Waals surface area contributed by atoms with Crippen molar-refractivity contribution in [1.29, 1.82) is 0 Å².